The number of hydrogen-bond donors (Lipinski definition) is 2. The van der Waals surface area contributed by atoms with E-state index in [4.69, 9.17) is 10.3 Å². The number of furan rings is 1. The van der Waals surface area contributed by atoms with Gasteiger partial charge in [-0.1, -0.05) is 23.5 Å². The molecule has 0 aliphatic heterocycles. The Morgan fingerprint density at radius 3 is 2.59 bits per heavy atom. The third-order valence-corrected chi connectivity index (χ3v) is 5.18. The van der Waals surface area contributed by atoms with Crippen molar-refractivity contribution in [3.8, 4) is 11.6 Å². The number of halogens is 2. The Labute approximate surface area is 161 Å². The lowest BCUT2D eigenvalue weighted by molar-refractivity contribution is -0.115. The number of nitrogens with two attached hydrogens (primary N) is 1. The number of rotatable bonds is 7. The van der Waals surface area contributed by atoms with Crippen LogP contribution in [-0.4, -0.2) is 31.8 Å². The molecule has 0 aliphatic carbocycles. The molecular formula is C16H15F2N5O2S2. The Morgan fingerprint density at radius 1 is 1.22 bits per heavy atom. The molecule has 0 saturated heterocycles. The number of thioether (sulfide) groups is 2. The molecule has 3 rings (SSSR count). The maximum Gasteiger partial charge on any atom is 0.288 e. The van der Waals surface area contributed by atoms with Gasteiger partial charge < -0.3 is 15.6 Å². The van der Waals surface area contributed by atoms with E-state index in [-0.39, 0.29) is 5.91 Å². The molecule has 0 bridgehead atoms. The second kappa shape index (κ2) is 8.44. The molecule has 2 aromatic heterocycles. The first-order chi connectivity index (χ1) is 12.9. The lowest BCUT2D eigenvalue weighted by atomic mass is 10.3. The van der Waals surface area contributed by atoms with E-state index in [2.05, 4.69) is 15.5 Å². The molecule has 0 saturated carbocycles. The van der Waals surface area contributed by atoms with E-state index < -0.39 is 11.0 Å². The lowest BCUT2D eigenvalue weighted by Gasteiger charge is -2.11. The van der Waals surface area contributed by atoms with Gasteiger partial charge in [0.25, 0.3) is 5.76 Å². The minimum atomic E-state index is -2.48. The van der Waals surface area contributed by atoms with E-state index in [0.717, 1.165) is 11.8 Å². The van der Waals surface area contributed by atoms with E-state index in [1.807, 2.05) is 0 Å². The van der Waals surface area contributed by atoms with Crippen LogP contribution in [-0.2, 0) is 4.79 Å². The predicted molar refractivity (Wildman–Crippen MR) is 100 cm³/mol. The van der Waals surface area contributed by atoms with Crippen LogP contribution in [0.25, 0.3) is 11.6 Å². The molecule has 1 amide bonds. The van der Waals surface area contributed by atoms with Crippen LogP contribution in [0.2, 0.25) is 0 Å². The first kappa shape index (κ1) is 19.2. The van der Waals surface area contributed by atoms with Crippen molar-refractivity contribution in [3.63, 3.8) is 0 Å². The van der Waals surface area contributed by atoms with E-state index >= 15 is 0 Å². The molecule has 0 radical (unpaired) electrons. The smallest absolute Gasteiger partial charge is 0.288 e. The normalized spacial score (nSPS) is 12.3. The Balaban J connectivity index is 1.61. The number of aromatic nitrogens is 3. The number of carbonyl (C=O) groups excluding carboxylic acids is 1. The van der Waals surface area contributed by atoms with Crippen molar-refractivity contribution >= 4 is 35.1 Å². The highest BCUT2D eigenvalue weighted by molar-refractivity contribution is 8.00. The molecule has 3 N–H and O–H groups in total. The summed E-state index contributed by atoms with van der Waals surface area (Å²) in [7, 11) is 0. The number of carbonyl (C=O) groups is 1. The van der Waals surface area contributed by atoms with Crippen LogP contribution in [0.15, 0.2) is 57.1 Å². The highest BCUT2D eigenvalue weighted by atomic mass is 32.2. The number of nitrogens with one attached hydrogen (secondary N) is 1. The van der Waals surface area contributed by atoms with Crippen molar-refractivity contribution in [2.24, 2.45) is 0 Å². The van der Waals surface area contributed by atoms with E-state index in [9.17, 15) is 13.6 Å². The van der Waals surface area contributed by atoms with Crippen LogP contribution in [0, 0.1) is 0 Å². The molecule has 0 fully saturated rings. The average Bonchev–Trinajstić information content (AvgIpc) is 3.27. The summed E-state index contributed by atoms with van der Waals surface area (Å²) in [5.41, 5.74) is 0.511. The number of hydrogen-bond acceptors (Lipinski definition) is 7. The number of benzene rings is 1. The number of nitrogen functional groups attached to an aromatic ring is 1. The highest BCUT2D eigenvalue weighted by Crippen LogP contribution is 2.28. The molecule has 142 valence electrons. The monoisotopic (exact) mass is 411 g/mol. The molecule has 11 heteroatoms. The summed E-state index contributed by atoms with van der Waals surface area (Å²) in [6, 6.07) is 9.60. The second-order valence-corrected chi connectivity index (χ2v) is 7.68. The Bertz CT molecular complexity index is 900. The summed E-state index contributed by atoms with van der Waals surface area (Å²) >= 11 is 1.58. The Kier molecular flexibility index (Phi) is 6.01. The van der Waals surface area contributed by atoms with Gasteiger partial charge in [0.1, 0.15) is 0 Å². The molecule has 1 atom stereocenters. The molecule has 0 unspecified atom stereocenters. The fourth-order valence-electron chi connectivity index (χ4n) is 2.11. The van der Waals surface area contributed by atoms with E-state index in [0.29, 0.717) is 39.1 Å². The van der Waals surface area contributed by atoms with Gasteiger partial charge in [-0.2, -0.15) is 8.78 Å². The van der Waals surface area contributed by atoms with Gasteiger partial charge in [-0.15, -0.1) is 10.2 Å². The average molecular weight is 411 g/mol. The quantitative estimate of drug-likeness (QED) is 0.452. The summed E-state index contributed by atoms with van der Waals surface area (Å²) in [5.74, 6) is 4.02. The maximum absolute atomic E-state index is 12.4. The van der Waals surface area contributed by atoms with Crippen molar-refractivity contribution in [2.45, 2.75) is 28.0 Å². The van der Waals surface area contributed by atoms with E-state index in [1.165, 1.54) is 23.1 Å². The molecule has 3 aromatic rings. The lowest BCUT2D eigenvalue weighted by Crippen LogP contribution is -2.23. The molecule has 27 heavy (non-hydrogen) atoms. The summed E-state index contributed by atoms with van der Waals surface area (Å²) in [6.45, 7) is 1.70. The number of anilines is 1. The van der Waals surface area contributed by atoms with Gasteiger partial charge in [0.15, 0.2) is 5.76 Å². The fraction of sp³-hybridized carbons (Fsp3) is 0.188. The predicted octanol–water partition coefficient (Wildman–Crippen LogP) is 3.69. The Hall–Kier alpha value is -2.53. The molecule has 0 spiro atoms. The zero-order chi connectivity index (χ0) is 19.4. The summed E-state index contributed by atoms with van der Waals surface area (Å²) in [5, 5.41) is 10.5. The van der Waals surface area contributed by atoms with Crippen molar-refractivity contribution in [1.29, 1.82) is 0 Å². The van der Waals surface area contributed by atoms with Gasteiger partial charge in [0.05, 0.1) is 11.5 Å². The summed E-state index contributed by atoms with van der Waals surface area (Å²) in [4.78, 5) is 12.8. The number of amides is 1. The Morgan fingerprint density at radius 2 is 1.96 bits per heavy atom. The molecule has 0 aliphatic rings. The molecule has 7 nitrogen and oxygen atoms in total. The van der Waals surface area contributed by atoms with Crippen molar-refractivity contribution in [2.75, 3.05) is 11.2 Å². The largest absolute Gasteiger partial charge is 0.461 e. The maximum atomic E-state index is 12.4. The van der Waals surface area contributed by atoms with Crippen LogP contribution in [0.4, 0.5) is 14.5 Å². The first-order valence-corrected chi connectivity index (χ1v) is 9.46. The molecular weight excluding hydrogens is 396 g/mol. The highest BCUT2D eigenvalue weighted by Gasteiger charge is 2.21. The summed E-state index contributed by atoms with van der Waals surface area (Å²) in [6.07, 6.45) is 1.50. The second-order valence-electron chi connectivity index (χ2n) is 5.31. The van der Waals surface area contributed by atoms with E-state index in [1.54, 1.807) is 31.2 Å². The van der Waals surface area contributed by atoms with Gasteiger partial charge in [0, 0.05) is 10.6 Å². The zero-order valence-electron chi connectivity index (χ0n) is 14.0. The topological polar surface area (TPSA) is 99.0 Å². The third-order valence-electron chi connectivity index (χ3n) is 3.40. The number of nitrogens with zero attached hydrogens (tertiary/aromatic N) is 3. The minimum absolute atomic E-state index is 0.281. The van der Waals surface area contributed by atoms with Crippen molar-refractivity contribution in [3.05, 3.63) is 42.7 Å². The van der Waals surface area contributed by atoms with Gasteiger partial charge in [-0.25, -0.2) is 4.68 Å². The first-order valence-electron chi connectivity index (χ1n) is 7.71. The van der Waals surface area contributed by atoms with Gasteiger partial charge >= 0.3 is 0 Å². The standard InChI is InChI=1S/C16H15F2N5O2S2/c1-9(14(24)20-10-4-6-11(7-5-10)27-15(17)18)26-16-22-21-13(23(16)19)12-3-2-8-25-12/h2-9,15H,19H2,1H3,(H,20,24)/t9-/m1/s1. The molecule has 2 heterocycles. The van der Waals surface area contributed by atoms with Crippen molar-refractivity contribution < 1.29 is 18.0 Å². The van der Waals surface area contributed by atoms with Crippen LogP contribution in [0.1, 0.15) is 6.92 Å². The third kappa shape index (κ3) is 4.80. The minimum Gasteiger partial charge on any atom is -0.461 e. The zero-order valence-corrected chi connectivity index (χ0v) is 15.6. The van der Waals surface area contributed by atoms with Gasteiger partial charge in [0.2, 0.25) is 16.9 Å². The van der Waals surface area contributed by atoms with Gasteiger partial charge in [-0.05, 0) is 43.3 Å². The SMILES string of the molecule is C[C@@H](Sc1nnc(-c2ccco2)n1N)C(=O)Nc1ccc(SC(F)F)cc1. The molecule has 1 aromatic carbocycles. The van der Waals surface area contributed by atoms with Gasteiger partial charge in [-0.3, -0.25) is 4.79 Å². The van der Waals surface area contributed by atoms with Crippen molar-refractivity contribution in [1.82, 2.24) is 14.9 Å². The summed E-state index contributed by atoms with van der Waals surface area (Å²) < 4.78 is 31.2. The van der Waals surface area contributed by atoms with Crippen LogP contribution < -0.4 is 11.2 Å². The number of alkyl halides is 2. The van der Waals surface area contributed by atoms with Crippen LogP contribution in [0.5, 0.6) is 0 Å². The van der Waals surface area contributed by atoms with Crippen LogP contribution >= 0.6 is 23.5 Å². The van der Waals surface area contributed by atoms with Crippen LogP contribution in [0.3, 0.4) is 0 Å². The fourth-order valence-corrected chi connectivity index (χ4v) is 3.38.